The van der Waals surface area contributed by atoms with Crippen LogP contribution < -0.4 is 31.1 Å². The van der Waals surface area contributed by atoms with E-state index < -0.39 is 0 Å². The summed E-state index contributed by atoms with van der Waals surface area (Å²) in [6.45, 7) is 5.15. The van der Waals surface area contributed by atoms with Crippen LogP contribution in [0.1, 0.15) is 38.7 Å². The van der Waals surface area contributed by atoms with Crippen LogP contribution in [0.2, 0.25) is 0 Å². The number of benzene rings is 6. The van der Waals surface area contributed by atoms with Crippen LogP contribution in [0.5, 0.6) is 0 Å². The van der Waals surface area contributed by atoms with Crippen LogP contribution in [0.15, 0.2) is 146 Å². The van der Waals surface area contributed by atoms with E-state index in [0.29, 0.717) is 0 Å². The fourth-order valence-corrected chi connectivity index (χ4v) is 9.66. The standard InChI is InChI=1S/C43H36BN3/c1-42-26-15-27-43(42,2)47(36-23-12-9-20-33(36)42)32-28-39-41-40(29-32)46(31-18-7-4-8-19-31)38-25-14-11-22-35(38)44(41)34-21-10-13-24-37(34)45(39)30-16-5-3-6-17-30/h3-14,16-25,28-29H,15,26-27H2,1-2H3. The summed E-state index contributed by atoms with van der Waals surface area (Å²) in [5, 5.41) is 0. The van der Waals surface area contributed by atoms with Crippen LogP contribution in [-0.2, 0) is 5.41 Å². The fourth-order valence-electron chi connectivity index (χ4n) is 9.66. The van der Waals surface area contributed by atoms with Crippen molar-refractivity contribution in [1.29, 1.82) is 0 Å². The molecule has 3 heterocycles. The Hall–Kier alpha value is -5.22. The van der Waals surface area contributed by atoms with Crippen molar-refractivity contribution in [3.05, 3.63) is 151 Å². The number of hydrogen-bond acceptors (Lipinski definition) is 3. The lowest BCUT2D eigenvalue weighted by molar-refractivity contribution is 0.330. The highest BCUT2D eigenvalue weighted by molar-refractivity contribution is 7.00. The van der Waals surface area contributed by atoms with Crippen LogP contribution in [0, 0.1) is 0 Å². The second kappa shape index (κ2) is 9.65. The number of hydrogen-bond donors (Lipinski definition) is 0. The molecule has 3 aliphatic heterocycles. The third kappa shape index (κ3) is 3.48. The van der Waals surface area contributed by atoms with E-state index in [4.69, 9.17) is 0 Å². The molecule has 6 aromatic rings. The predicted molar refractivity (Wildman–Crippen MR) is 199 cm³/mol. The van der Waals surface area contributed by atoms with Crippen molar-refractivity contribution in [3.8, 4) is 0 Å². The Bertz CT molecular complexity index is 2080. The summed E-state index contributed by atoms with van der Waals surface area (Å²) in [4.78, 5) is 7.75. The van der Waals surface area contributed by atoms with E-state index in [-0.39, 0.29) is 17.7 Å². The van der Waals surface area contributed by atoms with Gasteiger partial charge in [0.15, 0.2) is 0 Å². The zero-order valence-corrected chi connectivity index (χ0v) is 26.9. The molecule has 2 unspecified atom stereocenters. The first-order valence-corrected chi connectivity index (χ1v) is 17.0. The van der Waals surface area contributed by atoms with Gasteiger partial charge >= 0.3 is 0 Å². The molecular formula is C43H36BN3. The van der Waals surface area contributed by atoms with Crippen molar-refractivity contribution >= 4 is 68.6 Å². The highest BCUT2D eigenvalue weighted by atomic mass is 15.3. The molecule has 0 spiro atoms. The lowest BCUT2D eigenvalue weighted by Crippen LogP contribution is -2.61. The van der Waals surface area contributed by atoms with E-state index in [1.54, 1.807) is 0 Å². The van der Waals surface area contributed by atoms with E-state index in [0.717, 1.165) is 0 Å². The quantitative estimate of drug-likeness (QED) is 0.186. The Morgan fingerprint density at radius 3 is 1.55 bits per heavy atom. The number of anilines is 8. The molecule has 0 N–H and O–H groups in total. The monoisotopic (exact) mass is 605 g/mol. The molecular weight excluding hydrogens is 569 g/mol. The Labute approximate surface area is 277 Å². The minimum absolute atomic E-state index is 0.0225. The van der Waals surface area contributed by atoms with Crippen LogP contribution in [0.3, 0.4) is 0 Å². The van der Waals surface area contributed by atoms with Gasteiger partial charge < -0.3 is 14.7 Å². The molecule has 0 saturated heterocycles. The van der Waals surface area contributed by atoms with Gasteiger partial charge in [0.25, 0.3) is 6.71 Å². The number of fused-ring (bicyclic) bond motifs is 7. The second-order valence-corrected chi connectivity index (χ2v) is 14.1. The first-order chi connectivity index (χ1) is 23.1. The Balaban J connectivity index is 1.33. The van der Waals surface area contributed by atoms with Crippen molar-refractivity contribution in [2.75, 3.05) is 14.7 Å². The fraction of sp³-hybridized carbons (Fsp3) is 0.163. The highest BCUT2D eigenvalue weighted by Crippen LogP contribution is 2.62. The molecule has 0 amide bonds. The summed E-state index contributed by atoms with van der Waals surface area (Å²) >= 11 is 0. The molecule has 1 fully saturated rings. The van der Waals surface area contributed by atoms with E-state index in [9.17, 15) is 0 Å². The lowest BCUT2D eigenvalue weighted by Gasteiger charge is -2.46. The van der Waals surface area contributed by atoms with E-state index in [2.05, 4.69) is 174 Å². The third-order valence-electron chi connectivity index (χ3n) is 11.9. The van der Waals surface area contributed by atoms with Gasteiger partial charge in [-0.3, -0.25) is 0 Å². The molecule has 6 aromatic carbocycles. The summed E-state index contributed by atoms with van der Waals surface area (Å²) in [5.41, 5.74) is 15.6. The summed E-state index contributed by atoms with van der Waals surface area (Å²) in [6.07, 6.45) is 3.62. The summed E-state index contributed by atoms with van der Waals surface area (Å²) < 4.78 is 0. The molecule has 1 aliphatic carbocycles. The normalized spacial score (nSPS) is 21.6. The maximum atomic E-state index is 2.72. The van der Waals surface area contributed by atoms with Crippen LogP contribution in [0.4, 0.5) is 45.5 Å². The smallest absolute Gasteiger partial charge is 0.252 e. The SMILES string of the molecule is CC12CCCC1(C)N(c1cc3c4c(c1)N(c1ccccc1)c1ccccc1B4c1ccccc1N3c1ccccc1)c1ccccc12. The predicted octanol–water partition coefficient (Wildman–Crippen LogP) is 9.12. The molecule has 4 heteroatoms. The first-order valence-electron chi connectivity index (χ1n) is 17.0. The molecule has 3 nitrogen and oxygen atoms in total. The molecule has 226 valence electrons. The first kappa shape index (κ1) is 26.9. The largest absolute Gasteiger partial charge is 0.334 e. The Morgan fingerprint density at radius 1 is 0.489 bits per heavy atom. The van der Waals surface area contributed by atoms with Crippen molar-refractivity contribution < 1.29 is 0 Å². The maximum Gasteiger partial charge on any atom is 0.252 e. The Morgan fingerprint density at radius 2 is 0.979 bits per heavy atom. The van der Waals surface area contributed by atoms with Gasteiger partial charge in [-0.05, 0) is 96.3 Å². The maximum absolute atomic E-state index is 2.72. The average Bonchev–Trinajstić information content (AvgIpc) is 3.52. The molecule has 47 heavy (non-hydrogen) atoms. The minimum atomic E-state index is -0.0225. The lowest BCUT2D eigenvalue weighted by atomic mass is 9.33. The molecule has 1 saturated carbocycles. The molecule has 0 radical (unpaired) electrons. The van der Waals surface area contributed by atoms with Gasteiger partial charge in [0.1, 0.15) is 0 Å². The topological polar surface area (TPSA) is 9.72 Å². The minimum Gasteiger partial charge on any atom is -0.334 e. The van der Waals surface area contributed by atoms with Crippen molar-refractivity contribution in [2.24, 2.45) is 0 Å². The second-order valence-electron chi connectivity index (χ2n) is 14.1. The highest BCUT2D eigenvalue weighted by Gasteiger charge is 2.59. The zero-order valence-electron chi connectivity index (χ0n) is 26.9. The molecule has 4 aliphatic rings. The van der Waals surface area contributed by atoms with Crippen molar-refractivity contribution in [1.82, 2.24) is 0 Å². The number of para-hydroxylation sites is 5. The molecule has 0 aromatic heterocycles. The van der Waals surface area contributed by atoms with Gasteiger partial charge in [0.2, 0.25) is 0 Å². The van der Waals surface area contributed by atoms with Crippen molar-refractivity contribution in [2.45, 2.75) is 44.1 Å². The summed E-state index contributed by atoms with van der Waals surface area (Å²) in [7, 11) is 0. The van der Waals surface area contributed by atoms with Gasteiger partial charge in [-0.15, -0.1) is 0 Å². The summed E-state index contributed by atoms with van der Waals surface area (Å²) in [6, 6.07) is 54.2. The number of rotatable bonds is 3. The summed E-state index contributed by atoms with van der Waals surface area (Å²) in [5.74, 6) is 0. The van der Waals surface area contributed by atoms with Crippen LogP contribution >= 0.6 is 0 Å². The molecule has 10 rings (SSSR count). The average molecular weight is 606 g/mol. The van der Waals surface area contributed by atoms with Gasteiger partial charge in [0, 0.05) is 50.9 Å². The Kier molecular flexibility index (Phi) is 5.53. The van der Waals surface area contributed by atoms with Gasteiger partial charge in [-0.25, -0.2) is 0 Å². The third-order valence-corrected chi connectivity index (χ3v) is 11.9. The zero-order chi connectivity index (χ0) is 31.3. The van der Waals surface area contributed by atoms with Crippen LogP contribution in [0.25, 0.3) is 0 Å². The molecule has 0 bridgehead atoms. The van der Waals surface area contributed by atoms with E-state index in [1.807, 2.05) is 0 Å². The van der Waals surface area contributed by atoms with Crippen LogP contribution in [-0.4, -0.2) is 12.3 Å². The van der Waals surface area contributed by atoms with E-state index in [1.165, 1.54) is 86.7 Å². The van der Waals surface area contributed by atoms with Gasteiger partial charge in [-0.1, -0.05) is 104 Å². The van der Waals surface area contributed by atoms with Crippen molar-refractivity contribution in [3.63, 3.8) is 0 Å². The van der Waals surface area contributed by atoms with Gasteiger partial charge in [0.05, 0.1) is 5.54 Å². The number of nitrogens with zero attached hydrogens (tertiary/aromatic N) is 3. The van der Waals surface area contributed by atoms with E-state index >= 15 is 0 Å². The van der Waals surface area contributed by atoms with Gasteiger partial charge in [-0.2, -0.15) is 0 Å². The molecule has 2 atom stereocenters.